The predicted octanol–water partition coefficient (Wildman–Crippen LogP) is 4.36. The second kappa shape index (κ2) is 10.1. The highest BCUT2D eigenvalue weighted by molar-refractivity contribution is 5.28. The highest BCUT2D eigenvalue weighted by atomic mass is 16.3. The maximum atomic E-state index is 10.8. The molecule has 3 aromatic carbocycles. The third kappa shape index (κ3) is 6.24. The molecule has 0 fully saturated rings. The van der Waals surface area contributed by atoms with E-state index < -0.39 is 6.10 Å². The third-order valence-corrected chi connectivity index (χ3v) is 5.42. The first kappa shape index (κ1) is 21.7. The normalized spacial score (nSPS) is 13.3. The summed E-state index contributed by atoms with van der Waals surface area (Å²) in [5.74, 6) is 0.668. The Balaban J connectivity index is 1.70. The Bertz CT molecular complexity index is 907. The molecule has 3 rings (SSSR count). The van der Waals surface area contributed by atoms with Gasteiger partial charge in [0.2, 0.25) is 0 Å². The van der Waals surface area contributed by atoms with E-state index >= 15 is 0 Å². The molecule has 0 spiro atoms. The van der Waals surface area contributed by atoms with Gasteiger partial charge in [-0.1, -0.05) is 36.4 Å². The number of phenols is 3. The fraction of sp³-hybridized carbons (Fsp3) is 0.280. The van der Waals surface area contributed by atoms with Crippen molar-refractivity contribution in [1.29, 1.82) is 0 Å². The van der Waals surface area contributed by atoms with Crippen LogP contribution in [0.2, 0.25) is 0 Å². The van der Waals surface area contributed by atoms with Crippen LogP contribution < -0.4 is 0 Å². The largest absolute Gasteiger partial charge is 0.508 e. The quantitative estimate of drug-likeness (QED) is 0.424. The molecule has 0 amide bonds. The van der Waals surface area contributed by atoms with Crippen LogP contribution in [0.5, 0.6) is 17.2 Å². The van der Waals surface area contributed by atoms with Gasteiger partial charge in [-0.25, -0.2) is 0 Å². The molecule has 0 radical (unpaired) electrons. The van der Waals surface area contributed by atoms with E-state index in [1.54, 1.807) is 48.5 Å². The molecule has 0 aliphatic carbocycles. The summed E-state index contributed by atoms with van der Waals surface area (Å²) in [6.45, 7) is 3.24. The first-order chi connectivity index (χ1) is 14.4. The number of aliphatic hydroxyl groups is 1. The number of aliphatic hydroxyl groups excluding tert-OH is 1. The van der Waals surface area contributed by atoms with Crippen LogP contribution in [0.1, 0.15) is 36.1 Å². The van der Waals surface area contributed by atoms with Gasteiger partial charge in [-0.05, 0) is 72.9 Å². The average molecular weight is 408 g/mol. The zero-order valence-corrected chi connectivity index (χ0v) is 17.1. The summed E-state index contributed by atoms with van der Waals surface area (Å²) in [4.78, 5) is 2.23. The zero-order chi connectivity index (χ0) is 21.5. The summed E-state index contributed by atoms with van der Waals surface area (Å²) in [6, 6.07) is 21.2. The van der Waals surface area contributed by atoms with Crippen molar-refractivity contribution in [3.05, 3.63) is 89.5 Å². The minimum atomic E-state index is -0.682. The molecule has 0 aliphatic rings. The molecule has 0 saturated heterocycles. The van der Waals surface area contributed by atoms with E-state index in [1.165, 1.54) is 0 Å². The van der Waals surface area contributed by atoms with Gasteiger partial charge in [0.15, 0.2) is 0 Å². The maximum Gasteiger partial charge on any atom is 0.115 e. The van der Waals surface area contributed by atoms with E-state index in [2.05, 4.69) is 11.8 Å². The molecular formula is C25H29NO4. The van der Waals surface area contributed by atoms with Crippen molar-refractivity contribution in [2.75, 3.05) is 6.54 Å². The van der Waals surface area contributed by atoms with Gasteiger partial charge in [0.1, 0.15) is 17.2 Å². The molecule has 4 N–H and O–H groups in total. The zero-order valence-electron chi connectivity index (χ0n) is 17.1. The SMILES string of the molecule is CC(CCc1ccc(O)cc1)N(Cc1ccc(O)cc1)CC(O)c1ccc(O)cc1. The van der Waals surface area contributed by atoms with Crippen molar-refractivity contribution in [2.24, 2.45) is 0 Å². The van der Waals surface area contributed by atoms with Gasteiger partial charge < -0.3 is 20.4 Å². The summed E-state index contributed by atoms with van der Waals surface area (Å²) < 4.78 is 0. The molecule has 3 aromatic rings. The number of hydrogen-bond acceptors (Lipinski definition) is 5. The Morgan fingerprint density at radius 3 is 1.70 bits per heavy atom. The minimum absolute atomic E-state index is 0.175. The monoisotopic (exact) mass is 407 g/mol. The second-order valence-electron chi connectivity index (χ2n) is 7.76. The second-order valence-corrected chi connectivity index (χ2v) is 7.76. The lowest BCUT2D eigenvalue weighted by Crippen LogP contribution is -2.36. The van der Waals surface area contributed by atoms with Gasteiger partial charge in [0, 0.05) is 19.1 Å². The molecule has 0 aliphatic heterocycles. The molecular weight excluding hydrogens is 378 g/mol. The van der Waals surface area contributed by atoms with Crippen molar-refractivity contribution in [3.63, 3.8) is 0 Å². The number of phenolic OH excluding ortho intramolecular Hbond substituents is 3. The van der Waals surface area contributed by atoms with E-state index in [1.807, 2.05) is 24.3 Å². The Labute approximate surface area is 177 Å². The van der Waals surface area contributed by atoms with Gasteiger partial charge in [-0.2, -0.15) is 0 Å². The predicted molar refractivity (Wildman–Crippen MR) is 117 cm³/mol. The number of nitrogens with zero attached hydrogens (tertiary/aromatic N) is 1. The van der Waals surface area contributed by atoms with Gasteiger partial charge in [0.25, 0.3) is 0 Å². The van der Waals surface area contributed by atoms with Crippen LogP contribution in [0.4, 0.5) is 0 Å². The molecule has 0 heterocycles. The summed E-state index contributed by atoms with van der Waals surface area (Å²) >= 11 is 0. The fourth-order valence-corrected chi connectivity index (χ4v) is 3.48. The lowest BCUT2D eigenvalue weighted by molar-refractivity contribution is 0.0834. The van der Waals surface area contributed by atoms with Gasteiger partial charge in [-0.15, -0.1) is 0 Å². The van der Waals surface area contributed by atoms with Crippen LogP contribution in [0.3, 0.4) is 0 Å². The molecule has 5 nitrogen and oxygen atoms in total. The molecule has 0 aromatic heterocycles. The Morgan fingerprint density at radius 2 is 1.17 bits per heavy atom. The smallest absolute Gasteiger partial charge is 0.115 e. The number of benzene rings is 3. The summed E-state index contributed by atoms with van der Waals surface area (Å²) in [7, 11) is 0. The first-order valence-electron chi connectivity index (χ1n) is 10.2. The summed E-state index contributed by atoms with van der Waals surface area (Å²) in [5.41, 5.74) is 2.97. The lowest BCUT2D eigenvalue weighted by atomic mass is 10.0. The number of hydrogen-bond donors (Lipinski definition) is 4. The standard InChI is InChI=1S/C25H29NO4/c1-18(2-3-19-4-10-22(27)11-5-19)26(16-20-6-12-23(28)13-7-20)17-25(30)21-8-14-24(29)15-9-21/h4-15,18,25,27-30H,2-3,16-17H2,1H3. The molecule has 5 heteroatoms. The molecule has 158 valence electrons. The van der Waals surface area contributed by atoms with Crippen LogP contribution in [0.25, 0.3) is 0 Å². The van der Waals surface area contributed by atoms with Crippen LogP contribution in [-0.4, -0.2) is 37.9 Å². The summed E-state index contributed by atoms with van der Waals surface area (Å²) in [5, 5.41) is 39.3. The van der Waals surface area contributed by atoms with Crippen LogP contribution in [-0.2, 0) is 13.0 Å². The van der Waals surface area contributed by atoms with Crippen molar-refractivity contribution < 1.29 is 20.4 Å². The molecule has 2 unspecified atom stereocenters. The van der Waals surface area contributed by atoms with Crippen molar-refractivity contribution in [2.45, 2.75) is 38.5 Å². The van der Waals surface area contributed by atoms with Crippen LogP contribution in [0, 0.1) is 0 Å². The third-order valence-electron chi connectivity index (χ3n) is 5.42. The Morgan fingerprint density at radius 1 is 0.700 bits per heavy atom. The van der Waals surface area contributed by atoms with E-state index in [-0.39, 0.29) is 23.3 Å². The molecule has 0 bridgehead atoms. The van der Waals surface area contributed by atoms with Crippen LogP contribution in [0.15, 0.2) is 72.8 Å². The van der Waals surface area contributed by atoms with Crippen molar-refractivity contribution in [3.8, 4) is 17.2 Å². The van der Waals surface area contributed by atoms with Gasteiger partial charge in [0.05, 0.1) is 6.10 Å². The Kier molecular flexibility index (Phi) is 7.33. The van der Waals surface area contributed by atoms with E-state index in [0.717, 1.165) is 29.5 Å². The molecule has 30 heavy (non-hydrogen) atoms. The van der Waals surface area contributed by atoms with E-state index in [9.17, 15) is 20.4 Å². The van der Waals surface area contributed by atoms with Gasteiger partial charge in [-0.3, -0.25) is 4.90 Å². The van der Waals surface area contributed by atoms with Crippen LogP contribution >= 0.6 is 0 Å². The fourth-order valence-electron chi connectivity index (χ4n) is 3.48. The number of aryl methyl sites for hydroxylation is 1. The lowest BCUT2D eigenvalue weighted by Gasteiger charge is -2.31. The number of aromatic hydroxyl groups is 3. The highest BCUT2D eigenvalue weighted by Gasteiger charge is 2.19. The van der Waals surface area contributed by atoms with Crippen molar-refractivity contribution >= 4 is 0 Å². The highest BCUT2D eigenvalue weighted by Crippen LogP contribution is 2.22. The number of rotatable bonds is 9. The maximum absolute atomic E-state index is 10.8. The Hall–Kier alpha value is -3.02. The average Bonchev–Trinajstić information content (AvgIpc) is 2.74. The molecule has 2 atom stereocenters. The van der Waals surface area contributed by atoms with E-state index in [4.69, 9.17) is 0 Å². The first-order valence-corrected chi connectivity index (χ1v) is 10.2. The summed E-state index contributed by atoms with van der Waals surface area (Å²) in [6.07, 6.45) is 1.08. The topological polar surface area (TPSA) is 84.2 Å². The van der Waals surface area contributed by atoms with Gasteiger partial charge >= 0.3 is 0 Å². The molecule has 0 saturated carbocycles. The van der Waals surface area contributed by atoms with Crippen molar-refractivity contribution in [1.82, 2.24) is 4.90 Å². The van der Waals surface area contributed by atoms with E-state index in [0.29, 0.717) is 13.1 Å². The minimum Gasteiger partial charge on any atom is -0.508 e.